The van der Waals surface area contributed by atoms with E-state index in [2.05, 4.69) is 15.3 Å². The highest BCUT2D eigenvalue weighted by atomic mass is 16.5. The fourth-order valence-electron chi connectivity index (χ4n) is 1.06. The Balaban J connectivity index is 2.26. The van der Waals surface area contributed by atoms with Gasteiger partial charge in [0.05, 0.1) is 13.2 Å². The van der Waals surface area contributed by atoms with E-state index < -0.39 is 5.91 Å². The lowest BCUT2D eigenvalue weighted by atomic mass is 10.6. The van der Waals surface area contributed by atoms with Gasteiger partial charge in [-0.15, -0.1) is 0 Å². The van der Waals surface area contributed by atoms with Gasteiger partial charge in [-0.1, -0.05) is 0 Å². The van der Waals surface area contributed by atoms with Crippen LogP contribution in [-0.2, 0) is 9.53 Å². The molecule has 17 heavy (non-hydrogen) atoms. The van der Waals surface area contributed by atoms with Crippen LogP contribution in [0.1, 0.15) is 6.92 Å². The summed E-state index contributed by atoms with van der Waals surface area (Å²) in [5.74, 6) is 0.487. The Bertz CT molecular complexity index is 359. The van der Waals surface area contributed by atoms with E-state index in [0.29, 0.717) is 31.6 Å². The summed E-state index contributed by atoms with van der Waals surface area (Å²) < 4.78 is 10.2. The molecule has 0 saturated heterocycles. The first-order valence-corrected chi connectivity index (χ1v) is 5.28. The van der Waals surface area contributed by atoms with Gasteiger partial charge in [0.1, 0.15) is 6.61 Å². The number of anilines is 1. The first-order chi connectivity index (χ1) is 8.22. The average molecular weight is 240 g/mol. The summed E-state index contributed by atoms with van der Waals surface area (Å²) >= 11 is 0. The average Bonchev–Trinajstić information content (AvgIpc) is 2.29. The van der Waals surface area contributed by atoms with Crippen molar-refractivity contribution in [2.75, 3.05) is 31.7 Å². The van der Waals surface area contributed by atoms with Crippen molar-refractivity contribution in [3.8, 4) is 5.88 Å². The van der Waals surface area contributed by atoms with Gasteiger partial charge < -0.3 is 20.5 Å². The predicted molar refractivity (Wildman–Crippen MR) is 61.7 cm³/mol. The van der Waals surface area contributed by atoms with Crippen molar-refractivity contribution < 1.29 is 14.3 Å². The molecular weight excluding hydrogens is 224 g/mol. The molecule has 1 heterocycles. The summed E-state index contributed by atoms with van der Waals surface area (Å²) in [6.45, 7) is 3.20. The number of nitrogens with zero attached hydrogens (tertiary/aromatic N) is 2. The Morgan fingerprint density at radius 2 is 2.41 bits per heavy atom. The van der Waals surface area contributed by atoms with Crippen molar-refractivity contribution in [3.63, 3.8) is 0 Å². The highest BCUT2D eigenvalue weighted by Crippen LogP contribution is 2.07. The normalized spacial score (nSPS) is 9.94. The summed E-state index contributed by atoms with van der Waals surface area (Å²) in [7, 11) is 0. The first-order valence-electron chi connectivity index (χ1n) is 5.28. The maximum Gasteiger partial charge on any atom is 0.243 e. The lowest BCUT2D eigenvalue weighted by molar-refractivity contribution is -0.122. The number of hydrogen-bond acceptors (Lipinski definition) is 6. The molecule has 0 unspecified atom stereocenters. The number of nitrogens with two attached hydrogens (primary N) is 1. The van der Waals surface area contributed by atoms with Crippen LogP contribution in [0.25, 0.3) is 0 Å². The van der Waals surface area contributed by atoms with Gasteiger partial charge in [-0.2, -0.15) is 4.98 Å². The molecule has 0 spiro atoms. The molecule has 7 heteroatoms. The van der Waals surface area contributed by atoms with Gasteiger partial charge in [-0.25, -0.2) is 4.98 Å². The molecule has 0 atom stereocenters. The maximum atomic E-state index is 10.4. The Labute approximate surface area is 99.3 Å². The SMILES string of the molecule is CCOc1ccnc(NCCOCC(N)=O)n1. The van der Waals surface area contributed by atoms with Crippen LogP contribution in [0.3, 0.4) is 0 Å². The number of primary amides is 1. The monoisotopic (exact) mass is 240 g/mol. The van der Waals surface area contributed by atoms with Gasteiger partial charge in [-0.05, 0) is 6.92 Å². The number of aromatic nitrogens is 2. The Kier molecular flexibility index (Phi) is 5.73. The molecule has 0 aliphatic carbocycles. The number of carbonyl (C=O) groups excluding carboxylic acids is 1. The highest BCUT2D eigenvalue weighted by Gasteiger charge is 1.99. The molecule has 1 aromatic heterocycles. The lowest BCUT2D eigenvalue weighted by Gasteiger charge is -2.06. The third-order valence-corrected chi connectivity index (χ3v) is 1.70. The minimum Gasteiger partial charge on any atom is -0.478 e. The van der Waals surface area contributed by atoms with E-state index in [4.69, 9.17) is 15.2 Å². The molecule has 0 radical (unpaired) electrons. The fourth-order valence-corrected chi connectivity index (χ4v) is 1.06. The molecule has 0 saturated carbocycles. The van der Waals surface area contributed by atoms with E-state index in [1.54, 1.807) is 12.3 Å². The van der Waals surface area contributed by atoms with E-state index in [0.717, 1.165) is 0 Å². The van der Waals surface area contributed by atoms with Crippen LogP contribution in [-0.4, -0.2) is 42.2 Å². The number of amides is 1. The summed E-state index contributed by atoms with van der Waals surface area (Å²) in [4.78, 5) is 18.5. The number of nitrogens with one attached hydrogen (secondary N) is 1. The summed E-state index contributed by atoms with van der Waals surface area (Å²) in [6.07, 6.45) is 1.60. The second kappa shape index (κ2) is 7.39. The van der Waals surface area contributed by atoms with E-state index in [-0.39, 0.29) is 6.61 Å². The summed E-state index contributed by atoms with van der Waals surface area (Å²) in [5.41, 5.74) is 4.91. The zero-order chi connectivity index (χ0) is 12.5. The van der Waals surface area contributed by atoms with E-state index in [1.165, 1.54) is 0 Å². The van der Waals surface area contributed by atoms with Crippen molar-refractivity contribution in [2.24, 2.45) is 5.73 Å². The largest absolute Gasteiger partial charge is 0.478 e. The van der Waals surface area contributed by atoms with Crippen LogP contribution in [0.2, 0.25) is 0 Å². The lowest BCUT2D eigenvalue weighted by Crippen LogP contribution is -2.21. The standard InChI is InChI=1S/C10H16N4O3/c1-2-17-9-3-4-12-10(14-9)13-5-6-16-7-8(11)15/h3-4H,2,5-7H2,1H3,(H2,11,15)(H,12,13,14). The van der Waals surface area contributed by atoms with Crippen LogP contribution in [0.4, 0.5) is 5.95 Å². The fraction of sp³-hybridized carbons (Fsp3) is 0.500. The van der Waals surface area contributed by atoms with Gasteiger partial charge in [0.25, 0.3) is 0 Å². The number of ether oxygens (including phenoxy) is 2. The molecule has 0 fully saturated rings. The van der Waals surface area contributed by atoms with Crippen LogP contribution in [0.15, 0.2) is 12.3 Å². The summed E-state index contributed by atoms with van der Waals surface area (Å²) in [5, 5.41) is 2.94. The molecule has 0 aliphatic heterocycles. The van der Waals surface area contributed by atoms with Crippen LogP contribution < -0.4 is 15.8 Å². The quantitative estimate of drug-likeness (QED) is 0.610. The van der Waals surface area contributed by atoms with Crippen LogP contribution >= 0.6 is 0 Å². The maximum absolute atomic E-state index is 10.4. The second-order valence-corrected chi connectivity index (χ2v) is 3.10. The highest BCUT2D eigenvalue weighted by molar-refractivity contribution is 5.74. The third-order valence-electron chi connectivity index (χ3n) is 1.70. The van der Waals surface area contributed by atoms with Gasteiger partial charge >= 0.3 is 0 Å². The smallest absolute Gasteiger partial charge is 0.243 e. The topological polar surface area (TPSA) is 99.4 Å². The number of hydrogen-bond donors (Lipinski definition) is 2. The Morgan fingerprint density at radius 3 is 3.12 bits per heavy atom. The first kappa shape index (κ1) is 13.2. The van der Waals surface area contributed by atoms with Crippen molar-refractivity contribution in [1.82, 2.24) is 9.97 Å². The second-order valence-electron chi connectivity index (χ2n) is 3.10. The molecule has 3 N–H and O–H groups in total. The molecule has 1 rings (SSSR count). The summed E-state index contributed by atoms with van der Waals surface area (Å²) in [6, 6.07) is 1.68. The van der Waals surface area contributed by atoms with Crippen molar-refractivity contribution >= 4 is 11.9 Å². The molecule has 0 aromatic carbocycles. The van der Waals surface area contributed by atoms with E-state index in [9.17, 15) is 4.79 Å². The van der Waals surface area contributed by atoms with Gasteiger partial charge in [-0.3, -0.25) is 4.79 Å². The van der Waals surface area contributed by atoms with Gasteiger partial charge in [0.15, 0.2) is 0 Å². The van der Waals surface area contributed by atoms with Crippen LogP contribution in [0.5, 0.6) is 5.88 Å². The number of rotatable bonds is 8. The zero-order valence-electron chi connectivity index (χ0n) is 9.68. The van der Waals surface area contributed by atoms with Crippen molar-refractivity contribution in [1.29, 1.82) is 0 Å². The minimum absolute atomic E-state index is 0.0818. The third kappa shape index (κ3) is 5.67. The minimum atomic E-state index is -0.486. The molecular formula is C10H16N4O3. The predicted octanol–water partition coefficient (Wildman–Crippen LogP) is -0.211. The van der Waals surface area contributed by atoms with E-state index >= 15 is 0 Å². The number of carbonyl (C=O) groups is 1. The van der Waals surface area contributed by atoms with Crippen LogP contribution in [0, 0.1) is 0 Å². The Hall–Kier alpha value is -1.89. The van der Waals surface area contributed by atoms with Gasteiger partial charge in [0.2, 0.25) is 17.7 Å². The molecule has 7 nitrogen and oxygen atoms in total. The Morgan fingerprint density at radius 1 is 1.59 bits per heavy atom. The molecule has 1 amide bonds. The molecule has 0 aliphatic rings. The molecule has 1 aromatic rings. The van der Waals surface area contributed by atoms with Gasteiger partial charge in [0, 0.05) is 18.8 Å². The van der Waals surface area contributed by atoms with Crippen molar-refractivity contribution in [3.05, 3.63) is 12.3 Å². The molecule has 0 bridgehead atoms. The zero-order valence-corrected chi connectivity index (χ0v) is 9.68. The molecule has 94 valence electrons. The van der Waals surface area contributed by atoms with Crippen molar-refractivity contribution in [2.45, 2.75) is 6.92 Å². The van der Waals surface area contributed by atoms with E-state index in [1.807, 2.05) is 6.92 Å².